The van der Waals surface area contributed by atoms with E-state index < -0.39 is 10.4 Å². The fourth-order valence-electron chi connectivity index (χ4n) is 2.10. The van der Waals surface area contributed by atoms with Crippen LogP contribution >= 0.6 is 0 Å². The van der Waals surface area contributed by atoms with Gasteiger partial charge in [0.1, 0.15) is 0 Å². The number of nitrogens with one attached hydrogen (secondary N) is 1. The molecule has 0 fully saturated rings. The lowest BCUT2D eigenvalue weighted by Crippen LogP contribution is -2.12. The van der Waals surface area contributed by atoms with Crippen molar-refractivity contribution in [3.8, 4) is 5.75 Å². The molecule has 7 heteroatoms. The van der Waals surface area contributed by atoms with Gasteiger partial charge in [-0.1, -0.05) is 28.5 Å². The second-order valence-corrected chi connectivity index (χ2v) is 6.22. The highest BCUT2D eigenvalue weighted by Crippen LogP contribution is 2.32. The van der Waals surface area contributed by atoms with Crippen LogP contribution < -0.4 is 10.1 Å². The Morgan fingerprint density at radius 3 is 2.64 bits per heavy atom. The summed E-state index contributed by atoms with van der Waals surface area (Å²) < 4.78 is 33.2. The van der Waals surface area contributed by atoms with Crippen molar-refractivity contribution in [3.05, 3.63) is 54.1 Å². The third kappa shape index (κ3) is 2.63. The van der Waals surface area contributed by atoms with E-state index in [1.807, 2.05) is 0 Å². The van der Waals surface area contributed by atoms with Crippen molar-refractivity contribution < 1.29 is 18.3 Å². The first-order valence-corrected chi connectivity index (χ1v) is 7.90. The number of amides is 1. The Labute approximate surface area is 128 Å². The minimum Gasteiger partial charge on any atom is -0.586 e. The Kier molecular flexibility index (Phi) is 3.51. The van der Waals surface area contributed by atoms with Crippen molar-refractivity contribution in [1.29, 1.82) is 0 Å². The molecular formula is C15H12N2O4S. The quantitative estimate of drug-likeness (QED) is 0.861. The van der Waals surface area contributed by atoms with Crippen molar-refractivity contribution in [2.24, 2.45) is 4.40 Å². The van der Waals surface area contributed by atoms with Crippen LogP contribution in [-0.4, -0.2) is 16.4 Å². The third-order valence-electron chi connectivity index (χ3n) is 3.00. The molecular weight excluding hydrogens is 304 g/mol. The molecule has 0 spiro atoms. The first kappa shape index (κ1) is 14.4. The molecule has 1 aliphatic heterocycles. The molecule has 1 aliphatic rings. The zero-order valence-electron chi connectivity index (χ0n) is 11.6. The topological polar surface area (TPSA) is 90.8 Å². The predicted molar refractivity (Wildman–Crippen MR) is 81.4 cm³/mol. The number of rotatable bonds is 2. The molecule has 1 atom stereocenters. The second-order valence-electron chi connectivity index (χ2n) is 4.65. The number of carbonyl (C=O) groups is 1. The molecule has 1 unspecified atom stereocenters. The van der Waals surface area contributed by atoms with Crippen LogP contribution in [0.3, 0.4) is 0 Å². The predicted octanol–water partition coefficient (Wildman–Crippen LogP) is 2.39. The van der Waals surface area contributed by atoms with Crippen molar-refractivity contribution in [1.82, 2.24) is 0 Å². The summed E-state index contributed by atoms with van der Waals surface area (Å²) in [7, 11) is -3.74. The maximum Gasteiger partial charge on any atom is 0.280 e. The molecule has 0 saturated carbocycles. The smallest absolute Gasteiger partial charge is 0.280 e. The largest absolute Gasteiger partial charge is 0.586 e. The molecule has 0 radical (unpaired) electrons. The molecule has 0 bridgehead atoms. The number of carbonyl (C=O) groups excluding carboxylic acids is 1. The highest BCUT2D eigenvalue weighted by Gasteiger charge is 2.36. The van der Waals surface area contributed by atoms with E-state index in [1.54, 1.807) is 42.5 Å². The highest BCUT2D eigenvalue weighted by molar-refractivity contribution is 7.97. The summed E-state index contributed by atoms with van der Waals surface area (Å²) in [6.45, 7) is 1.38. The summed E-state index contributed by atoms with van der Waals surface area (Å²) in [5, 5.41) is 2.62. The summed E-state index contributed by atoms with van der Waals surface area (Å²) in [6, 6.07) is 13.2. The van der Waals surface area contributed by atoms with Crippen LogP contribution in [0.25, 0.3) is 0 Å². The monoisotopic (exact) mass is 316 g/mol. The number of fused-ring (bicyclic) bond motifs is 1. The summed E-state index contributed by atoms with van der Waals surface area (Å²) in [5.41, 5.74) is 0.847. The van der Waals surface area contributed by atoms with E-state index in [4.69, 9.17) is 4.74 Å². The summed E-state index contributed by atoms with van der Waals surface area (Å²) >= 11 is 0. The molecule has 3 rings (SSSR count). The number of para-hydroxylation sites is 2. The van der Waals surface area contributed by atoms with Crippen molar-refractivity contribution in [3.63, 3.8) is 0 Å². The van der Waals surface area contributed by atoms with Crippen molar-refractivity contribution in [2.75, 3.05) is 5.32 Å². The summed E-state index contributed by atoms with van der Waals surface area (Å²) in [6.07, 6.45) is 0. The minimum atomic E-state index is -3.74. The van der Waals surface area contributed by atoms with Crippen LogP contribution in [0, 0.1) is 0 Å². The number of benzene rings is 2. The molecule has 0 aliphatic carbocycles. The van der Waals surface area contributed by atoms with Gasteiger partial charge in [0.25, 0.3) is 5.90 Å². The van der Waals surface area contributed by atoms with Gasteiger partial charge in [-0.05, 0) is 28.7 Å². The van der Waals surface area contributed by atoms with Crippen molar-refractivity contribution >= 4 is 27.9 Å². The Morgan fingerprint density at radius 2 is 1.86 bits per heavy atom. The molecule has 1 heterocycles. The standard InChI is InChI=1S/C15H12N2O4S/c1-10(18)16-12-7-3-4-8-13(12)21-15-11-6-2-5-9-14(11)22(19,20)17-15/h2-9H,1H3,(H-,16,18,19,20). The molecule has 1 amide bonds. The number of hydrogen-bond donors (Lipinski definition) is 1. The maximum atomic E-state index is 12.0. The van der Waals surface area contributed by atoms with Gasteiger partial charge >= 0.3 is 0 Å². The lowest BCUT2D eigenvalue weighted by Gasteiger charge is -2.10. The van der Waals surface area contributed by atoms with E-state index in [-0.39, 0.29) is 16.7 Å². The van der Waals surface area contributed by atoms with Crippen LogP contribution in [-0.2, 0) is 19.4 Å². The maximum absolute atomic E-state index is 12.0. The van der Waals surface area contributed by atoms with Gasteiger partial charge in [0, 0.05) is 6.92 Å². The number of sulfonamides is 1. The van der Waals surface area contributed by atoms with E-state index in [0.29, 0.717) is 17.0 Å². The molecule has 0 saturated heterocycles. The van der Waals surface area contributed by atoms with Gasteiger partial charge in [0.2, 0.25) is 16.3 Å². The SMILES string of the molecule is CC(=O)Nc1ccccc1OC1=N[S+](=O)([O-])c2ccccc21. The minimum absolute atomic E-state index is 0.00611. The van der Waals surface area contributed by atoms with Crippen molar-refractivity contribution in [2.45, 2.75) is 11.8 Å². The average Bonchev–Trinajstić information content (AvgIpc) is 2.72. The van der Waals surface area contributed by atoms with Gasteiger partial charge in [-0.15, -0.1) is 0 Å². The van der Waals surface area contributed by atoms with Crippen LogP contribution in [0.1, 0.15) is 12.5 Å². The average molecular weight is 316 g/mol. The van der Waals surface area contributed by atoms with Crippen LogP contribution in [0.5, 0.6) is 5.75 Å². The fourth-order valence-corrected chi connectivity index (χ4v) is 3.24. The fraction of sp³-hybridized carbons (Fsp3) is 0.0667. The normalized spacial score (nSPS) is 19.3. The highest BCUT2D eigenvalue weighted by atomic mass is 32.3. The van der Waals surface area contributed by atoms with E-state index in [1.165, 1.54) is 13.0 Å². The lowest BCUT2D eigenvalue weighted by molar-refractivity contribution is -0.114. The first-order valence-electron chi connectivity index (χ1n) is 6.46. The Balaban J connectivity index is 1.99. The van der Waals surface area contributed by atoms with E-state index in [2.05, 4.69) is 9.71 Å². The second kappa shape index (κ2) is 5.36. The zero-order chi connectivity index (χ0) is 15.7. The number of ether oxygens (including phenoxy) is 1. The van der Waals surface area contributed by atoms with Gasteiger partial charge in [0.05, 0.1) is 11.3 Å². The van der Waals surface area contributed by atoms with Gasteiger partial charge in [-0.3, -0.25) is 4.79 Å². The van der Waals surface area contributed by atoms with Gasteiger partial charge < -0.3 is 14.6 Å². The van der Waals surface area contributed by atoms with E-state index >= 15 is 0 Å². The van der Waals surface area contributed by atoms with Gasteiger partial charge in [0.15, 0.2) is 10.6 Å². The number of anilines is 1. The third-order valence-corrected chi connectivity index (χ3v) is 4.32. The Hall–Kier alpha value is -2.51. The van der Waals surface area contributed by atoms with Gasteiger partial charge in [-0.25, -0.2) is 0 Å². The van der Waals surface area contributed by atoms with Crippen LogP contribution in [0.15, 0.2) is 57.8 Å². The van der Waals surface area contributed by atoms with E-state index in [0.717, 1.165) is 0 Å². The molecule has 1 N–H and O–H groups in total. The molecule has 2 aromatic rings. The van der Waals surface area contributed by atoms with Crippen LogP contribution in [0.2, 0.25) is 0 Å². The van der Waals surface area contributed by atoms with Gasteiger partial charge in [-0.2, -0.15) is 0 Å². The lowest BCUT2D eigenvalue weighted by atomic mass is 10.2. The molecule has 6 nitrogen and oxygen atoms in total. The number of hydrogen-bond acceptors (Lipinski definition) is 4. The van der Waals surface area contributed by atoms with Crippen LogP contribution in [0.4, 0.5) is 5.69 Å². The molecule has 22 heavy (non-hydrogen) atoms. The first-order chi connectivity index (χ1) is 10.5. The Bertz CT molecular complexity index is 832. The molecule has 0 aromatic heterocycles. The summed E-state index contributed by atoms with van der Waals surface area (Å²) in [5.74, 6) is 0.0641. The zero-order valence-corrected chi connectivity index (χ0v) is 12.4. The van der Waals surface area contributed by atoms with E-state index in [9.17, 15) is 13.6 Å². The number of nitrogens with zero attached hydrogens (tertiary/aromatic N) is 1. The summed E-state index contributed by atoms with van der Waals surface area (Å²) in [4.78, 5) is 11.3. The molecule has 2 aromatic carbocycles. The Morgan fingerprint density at radius 1 is 1.18 bits per heavy atom. The molecule has 112 valence electrons.